The summed E-state index contributed by atoms with van der Waals surface area (Å²) in [5.41, 5.74) is -0.557. The van der Waals surface area contributed by atoms with Gasteiger partial charge in [0.05, 0.1) is 31.5 Å². The van der Waals surface area contributed by atoms with Gasteiger partial charge in [-0.1, -0.05) is 23.7 Å². The maximum Gasteiger partial charge on any atom is 0.417 e. The summed E-state index contributed by atoms with van der Waals surface area (Å²) >= 11 is 5.91. The molecule has 0 bridgehead atoms. The predicted octanol–water partition coefficient (Wildman–Crippen LogP) is 5.10. The number of aromatic nitrogens is 3. The summed E-state index contributed by atoms with van der Waals surface area (Å²) in [7, 11) is 2.89. The van der Waals surface area contributed by atoms with Gasteiger partial charge in [-0.25, -0.2) is 4.98 Å². The Kier molecular flexibility index (Phi) is 5.92. The normalized spacial score (nSPS) is 11.1. The van der Waals surface area contributed by atoms with Crippen molar-refractivity contribution in [2.75, 3.05) is 19.5 Å². The number of pyridine rings is 1. The Bertz CT molecular complexity index is 996. The summed E-state index contributed by atoms with van der Waals surface area (Å²) in [5.74, 6) is 0.754. The number of methoxy groups -OCH3 is 2. The van der Waals surface area contributed by atoms with Crippen LogP contribution in [0.25, 0.3) is 0 Å². The van der Waals surface area contributed by atoms with Crippen LogP contribution in [-0.2, 0) is 6.18 Å². The highest BCUT2D eigenvalue weighted by Crippen LogP contribution is 2.37. The van der Waals surface area contributed by atoms with Gasteiger partial charge in [0.1, 0.15) is 5.02 Å². The lowest BCUT2D eigenvalue weighted by Gasteiger charge is -2.14. The van der Waals surface area contributed by atoms with Crippen molar-refractivity contribution in [2.45, 2.75) is 6.18 Å². The zero-order chi connectivity index (χ0) is 21.0. The van der Waals surface area contributed by atoms with Gasteiger partial charge in [0.25, 0.3) is 0 Å². The average Bonchev–Trinajstić information content (AvgIpc) is 2.69. The van der Waals surface area contributed by atoms with Crippen LogP contribution >= 0.6 is 11.6 Å². The minimum atomic E-state index is -4.56. The standard InChI is InChI=1S/C18H14ClF3N4O3/c1-27-14-8-15(28-2)26-17(25-14)24-12-5-3-4-6-13(12)29-16-11(19)7-10(9-23-16)18(20,21)22/h3-9H,1-2H3,(H,24,25,26). The quantitative estimate of drug-likeness (QED) is 0.587. The molecule has 0 aliphatic rings. The second kappa shape index (κ2) is 8.39. The predicted molar refractivity (Wildman–Crippen MR) is 99.2 cm³/mol. The van der Waals surface area contributed by atoms with E-state index in [0.717, 1.165) is 6.07 Å². The molecule has 0 aliphatic carbocycles. The van der Waals surface area contributed by atoms with E-state index in [1.165, 1.54) is 20.3 Å². The van der Waals surface area contributed by atoms with Crippen LogP contribution in [0.4, 0.5) is 24.8 Å². The molecule has 0 saturated carbocycles. The monoisotopic (exact) mass is 426 g/mol. The van der Waals surface area contributed by atoms with Crippen LogP contribution < -0.4 is 19.5 Å². The van der Waals surface area contributed by atoms with E-state index < -0.39 is 11.7 Å². The van der Waals surface area contributed by atoms with E-state index >= 15 is 0 Å². The highest BCUT2D eigenvalue weighted by Gasteiger charge is 2.31. The van der Waals surface area contributed by atoms with Gasteiger partial charge in [0.15, 0.2) is 5.75 Å². The number of hydrogen-bond acceptors (Lipinski definition) is 7. The van der Waals surface area contributed by atoms with Gasteiger partial charge in [0, 0.05) is 6.20 Å². The minimum absolute atomic E-state index is 0.156. The number of rotatable bonds is 6. The zero-order valence-electron chi connectivity index (χ0n) is 15.1. The number of para-hydroxylation sites is 2. The molecule has 0 amide bonds. The van der Waals surface area contributed by atoms with E-state index in [2.05, 4.69) is 20.3 Å². The third-order valence-corrected chi connectivity index (χ3v) is 3.84. The molecule has 0 fully saturated rings. The molecule has 3 rings (SSSR count). The van der Waals surface area contributed by atoms with Crippen LogP contribution in [0.3, 0.4) is 0 Å². The molecule has 1 N–H and O–H groups in total. The van der Waals surface area contributed by atoms with Crippen molar-refractivity contribution in [1.29, 1.82) is 0 Å². The highest BCUT2D eigenvalue weighted by molar-refractivity contribution is 6.31. The summed E-state index contributed by atoms with van der Waals surface area (Å²) < 4.78 is 54.1. The van der Waals surface area contributed by atoms with Crippen LogP contribution in [-0.4, -0.2) is 29.2 Å². The molecule has 0 aliphatic heterocycles. The van der Waals surface area contributed by atoms with Gasteiger partial charge in [-0.3, -0.25) is 0 Å². The Morgan fingerprint density at radius 3 is 2.24 bits per heavy atom. The maximum atomic E-state index is 12.8. The van der Waals surface area contributed by atoms with E-state index in [9.17, 15) is 13.2 Å². The van der Waals surface area contributed by atoms with Crippen LogP contribution in [0.15, 0.2) is 42.6 Å². The fourth-order valence-corrected chi connectivity index (χ4v) is 2.41. The zero-order valence-corrected chi connectivity index (χ0v) is 15.9. The molecule has 3 aromatic rings. The highest BCUT2D eigenvalue weighted by atomic mass is 35.5. The minimum Gasteiger partial charge on any atom is -0.481 e. The second-order valence-electron chi connectivity index (χ2n) is 5.51. The molecule has 2 aromatic heterocycles. The first-order valence-electron chi connectivity index (χ1n) is 8.04. The van der Waals surface area contributed by atoms with Crippen molar-refractivity contribution in [3.05, 3.63) is 53.2 Å². The Balaban J connectivity index is 1.89. The Morgan fingerprint density at radius 1 is 1.00 bits per heavy atom. The summed E-state index contributed by atoms with van der Waals surface area (Å²) in [6.07, 6.45) is -3.91. The van der Waals surface area contributed by atoms with Crippen molar-refractivity contribution in [3.63, 3.8) is 0 Å². The Hall–Kier alpha value is -3.27. The summed E-state index contributed by atoms with van der Waals surface area (Å²) in [6.45, 7) is 0. The van der Waals surface area contributed by atoms with Gasteiger partial charge in [-0.15, -0.1) is 0 Å². The largest absolute Gasteiger partial charge is 0.481 e. The summed E-state index contributed by atoms with van der Waals surface area (Å²) in [4.78, 5) is 12.0. The molecular weight excluding hydrogens is 413 g/mol. The molecule has 0 radical (unpaired) electrons. The van der Waals surface area contributed by atoms with Gasteiger partial charge in [-0.05, 0) is 18.2 Å². The SMILES string of the molecule is COc1cc(OC)nc(Nc2ccccc2Oc2ncc(C(F)(F)F)cc2Cl)n1. The van der Waals surface area contributed by atoms with Gasteiger partial charge in [0.2, 0.25) is 23.6 Å². The first kappa shape index (κ1) is 20.5. The number of hydrogen-bond donors (Lipinski definition) is 1. The van der Waals surface area contributed by atoms with Gasteiger partial charge >= 0.3 is 6.18 Å². The molecule has 0 spiro atoms. The lowest BCUT2D eigenvalue weighted by atomic mass is 10.2. The van der Waals surface area contributed by atoms with Gasteiger partial charge < -0.3 is 19.5 Å². The van der Waals surface area contributed by atoms with Crippen LogP contribution in [0.2, 0.25) is 5.02 Å². The first-order valence-corrected chi connectivity index (χ1v) is 8.41. The summed E-state index contributed by atoms with van der Waals surface area (Å²) in [6, 6.07) is 8.87. The Morgan fingerprint density at radius 2 is 1.66 bits per heavy atom. The van der Waals surface area contributed by atoms with Crippen molar-refractivity contribution in [1.82, 2.24) is 15.0 Å². The molecule has 2 heterocycles. The van der Waals surface area contributed by atoms with E-state index in [1.54, 1.807) is 24.3 Å². The molecule has 152 valence electrons. The van der Waals surface area contributed by atoms with Crippen molar-refractivity contribution < 1.29 is 27.4 Å². The maximum absolute atomic E-state index is 12.8. The smallest absolute Gasteiger partial charge is 0.417 e. The van der Waals surface area contributed by atoms with Crippen LogP contribution in [0.1, 0.15) is 5.56 Å². The second-order valence-corrected chi connectivity index (χ2v) is 5.92. The molecule has 0 saturated heterocycles. The molecule has 29 heavy (non-hydrogen) atoms. The fraction of sp³-hybridized carbons (Fsp3) is 0.167. The molecule has 7 nitrogen and oxygen atoms in total. The first-order chi connectivity index (χ1) is 13.8. The topological polar surface area (TPSA) is 78.4 Å². The fourth-order valence-electron chi connectivity index (χ4n) is 2.21. The third kappa shape index (κ3) is 4.96. The van der Waals surface area contributed by atoms with Gasteiger partial charge in [-0.2, -0.15) is 23.1 Å². The molecule has 0 atom stereocenters. The third-order valence-electron chi connectivity index (χ3n) is 3.57. The van der Waals surface area contributed by atoms with Crippen molar-refractivity contribution >= 4 is 23.2 Å². The van der Waals surface area contributed by atoms with E-state index in [0.29, 0.717) is 11.9 Å². The van der Waals surface area contributed by atoms with Crippen molar-refractivity contribution in [2.24, 2.45) is 0 Å². The number of benzene rings is 1. The average molecular weight is 427 g/mol. The molecule has 1 aromatic carbocycles. The van der Waals surface area contributed by atoms with Crippen molar-refractivity contribution in [3.8, 4) is 23.4 Å². The molecule has 0 unspecified atom stereocenters. The summed E-state index contributed by atoms with van der Waals surface area (Å²) in [5, 5.41) is 2.66. The number of alkyl halides is 3. The van der Waals surface area contributed by atoms with E-state index in [4.69, 9.17) is 25.8 Å². The van der Waals surface area contributed by atoms with E-state index in [-0.39, 0.29) is 34.4 Å². The molecule has 11 heteroatoms. The molecular formula is C18H14ClF3N4O3. The van der Waals surface area contributed by atoms with Crippen LogP contribution in [0, 0.1) is 0 Å². The lowest BCUT2D eigenvalue weighted by molar-refractivity contribution is -0.137. The van der Waals surface area contributed by atoms with E-state index in [1.807, 2.05) is 0 Å². The Labute approximate surface area is 168 Å². The lowest BCUT2D eigenvalue weighted by Crippen LogP contribution is -2.06. The number of ether oxygens (including phenoxy) is 3. The number of anilines is 2. The number of halogens is 4. The number of nitrogens with one attached hydrogen (secondary N) is 1. The number of nitrogens with zero attached hydrogens (tertiary/aromatic N) is 3. The van der Waals surface area contributed by atoms with Crippen LogP contribution in [0.5, 0.6) is 23.4 Å².